The summed E-state index contributed by atoms with van der Waals surface area (Å²) in [5.41, 5.74) is 0.225. The maximum atomic E-state index is 12.8. The van der Waals surface area contributed by atoms with Gasteiger partial charge in [-0.05, 0) is 43.9 Å². The normalized spacial score (nSPS) is 18.0. The summed E-state index contributed by atoms with van der Waals surface area (Å²) in [6, 6.07) is 4.34. The Hall–Kier alpha value is -2.13. The van der Waals surface area contributed by atoms with Crippen molar-refractivity contribution in [2.45, 2.75) is 37.0 Å². The number of anilines is 1. The second-order valence-electron chi connectivity index (χ2n) is 6.76. The highest BCUT2D eigenvalue weighted by molar-refractivity contribution is 7.89. The number of sulfonamides is 1. The molecule has 0 radical (unpaired) electrons. The molecule has 1 saturated heterocycles. The molecule has 0 atom stereocenters. The van der Waals surface area contributed by atoms with E-state index < -0.39 is 22.5 Å². The number of rotatable bonds is 7. The van der Waals surface area contributed by atoms with E-state index in [4.69, 9.17) is 9.47 Å². The van der Waals surface area contributed by atoms with Gasteiger partial charge in [-0.1, -0.05) is 6.42 Å². The summed E-state index contributed by atoms with van der Waals surface area (Å²) in [4.78, 5) is 23.7. The van der Waals surface area contributed by atoms with Crippen LogP contribution in [0.15, 0.2) is 23.1 Å². The van der Waals surface area contributed by atoms with Crippen molar-refractivity contribution in [3.8, 4) is 5.75 Å². The number of amides is 1. The maximum absolute atomic E-state index is 12.8. The molecule has 1 aromatic carbocycles. The van der Waals surface area contributed by atoms with E-state index in [1.807, 2.05) is 0 Å². The lowest BCUT2D eigenvalue weighted by atomic mass is 10.2. The van der Waals surface area contributed by atoms with Gasteiger partial charge < -0.3 is 14.8 Å². The second-order valence-corrected chi connectivity index (χ2v) is 8.69. The first kappa shape index (κ1) is 19.6. The van der Waals surface area contributed by atoms with E-state index in [0.29, 0.717) is 18.8 Å². The van der Waals surface area contributed by atoms with Crippen LogP contribution >= 0.6 is 0 Å². The second kappa shape index (κ2) is 8.26. The van der Waals surface area contributed by atoms with Crippen molar-refractivity contribution in [3.63, 3.8) is 0 Å². The van der Waals surface area contributed by atoms with Gasteiger partial charge in [0.2, 0.25) is 10.0 Å². The SMILES string of the molecule is COc1ccc(S(=O)(=O)N2CCCCC2)cc1NC(=O)COC(=O)C1CC1. The topological polar surface area (TPSA) is 102 Å². The molecule has 27 heavy (non-hydrogen) atoms. The molecular formula is C18H24N2O6S. The molecule has 8 nitrogen and oxygen atoms in total. The fourth-order valence-electron chi connectivity index (χ4n) is 2.96. The highest BCUT2D eigenvalue weighted by atomic mass is 32.2. The van der Waals surface area contributed by atoms with Crippen molar-refractivity contribution in [2.24, 2.45) is 5.92 Å². The van der Waals surface area contributed by atoms with E-state index in [2.05, 4.69) is 5.32 Å². The Morgan fingerprint density at radius 3 is 2.52 bits per heavy atom. The van der Waals surface area contributed by atoms with Crippen LogP contribution in [-0.2, 0) is 24.3 Å². The van der Waals surface area contributed by atoms with Crippen molar-refractivity contribution >= 4 is 27.6 Å². The summed E-state index contributed by atoms with van der Waals surface area (Å²) in [7, 11) is -2.21. The minimum absolute atomic E-state index is 0.0923. The molecule has 3 rings (SSSR count). The maximum Gasteiger partial charge on any atom is 0.309 e. The standard InChI is InChI=1S/C18H24N2O6S/c1-25-16-8-7-14(27(23,24)20-9-3-2-4-10-20)11-15(16)19-17(21)12-26-18(22)13-5-6-13/h7-8,11,13H,2-6,9-10,12H2,1H3,(H,19,21). The van der Waals surface area contributed by atoms with Crippen molar-refractivity contribution in [1.82, 2.24) is 4.31 Å². The lowest BCUT2D eigenvalue weighted by Crippen LogP contribution is -2.35. The van der Waals surface area contributed by atoms with Crippen molar-refractivity contribution < 1.29 is 27.5 Å². The van der Waals surface area contributed by atoms with Gasteiger partial charge in [-0.15, -0.1) is 0 Å². The number of nitrogens with one attached hydrogen (secondary N) is 1. The molecule has 0 unspecified atom stereocenters. The molecule has 2 fully saturated rings. The number of methoxy groups -OCH3 is 1. The first-order valence-corrected chi connectivity index (χ1v) is 10.5. The summed E-state index contributed by atoms with van der Waals surface area (Å²) >= 11 is 0. The molecule has 0 bridgehead atoms. The average molecular weight is 396 g/mol. The third-order valence-electron chi connectivity index (χ3n) is 4.65. The van der Waals surface area contributed by atoms with Gasteiger partial charge in [-0.25, -0.2) is 8.42 Å². The summed E-state index contributed by atoms with van der Waals surface area (Å²) < 4.78 is 37.3. The van der Waals surface area contributed by atoms with Crippen LogP contribution in [0.4, 0.5) is 5.69 Å². The number of hydrogen-bond acceptors (Lipinski definition) is 6. The molecule has 1 saturated carbocycles. The molecular weight excluding hydrogens is 372 g/mol. The Morgan fingerprint density at radius 2 is 1.89 bits per heavy atom. The molecule has 2 aliphatic rings. The molecule has 1 aliphatic heterocycles. The highest BCUT2D eigenvalue weighted by Crippen LogP contribution is 2.31. The van der Waals surface area contributed by atoms with Gasteiger partial charge in [0.15, 0.2) is 6.61 Å². The molecule has 1 aromatic rings. The zero-order valence-electron chi connectivity index (χ0n) is 15.3. The van der Waals surface area contributed by atoms with Crippen molar-refractivity contribution in [1.29, 1.82) is 0 Å². The lowest BCUT2D eigenvalue weighted by molar-refractivity contribution is -0.148. The minimum atomic E-state index is -3.63. The molecule has 1 aliphatic carbocycles. The largest absolute Gasteiger partial charge is 0.495 e. The number of hydrogen-bond donors (Lipinski definition) is 1. The first-order chi connectivity index (χ1) is 12.9. The number of esters is 1. The van der Waals surface area contributed by atoms with E-state index in [1.165, 1.54) is 29.6 Å². The lowest BCUT2D eigenvalue weighted by Gasteiger charge is -2.26. The Labute approximate surface area is 158 Å². The van der Waals surface area contributed by atoms with E-state index in [-0.39, 0.29) is 22.5 Å². The molecule has 9 heteroatoms. The molecule has 0 aromatic heterocycles. The van der Waals surface area contributed by atoms with Gasteiger partial charge in [-0.2, -0.15) is 4.31 Å². The van der Waals surface area contributed by atoms with E-state index >= 15 is 0 Å². The Bertz CT molecular complexity index is 813. The zero-order valence-corrected chi connectivity index (χ0v) is 16.1. The molecule has 0 spiro atoms. The molecule has 148 valence electrons. The van der Waals surface area contributed by atoms with Crippen LogP contribution in [0.3, 0.4) is 0 Å². The Balaban J connectivity index is 1.72. The number of benzene rings is 1. The number of carbonyl (C=O) groups excluding carboxylic acids is 2. The van der Waals surface area contributed by atoms with Gasteiger partial charge in [-0.3, -0.25) is 9.59 Å². The van der Waals surface area contributed by atoms with Crippen LogP contribution in [0.2, 0.25) is 0 Å². The van der Waals surface area contributed by atoms with Gasteiger partial charge >= 0.3 is 5.97 Å². The van der Waals surface area contributed by atoms with Gasteiger partial charge in [0.1, 0.15) is 5.75 Å². The van der Waals surface area contributed by atoms with E-state index in [1.54, 1.807) is 0 Å². The number of piperidine rings is 1. The quantitative estimate of drug-likeness (QED) is 0.705. The Kier molecular flexibility index (Phi) is 6.01. The Morgan fingerprint density at radius 1 is 1.19 bits per heavy atom. The smallest absolute Gasteiger partial charge is 0.309 e. The van der Waals surface area contributed by atoms with Gasteiger partial charge in [0.05, 0.1) is 23.6 Å². The van der Waals surface area contributed by atoms with E-state index in [9.17, 15) is 18.0 Å². The first-order valence-electron chi connectivity index (χ1n) is 9.06. The third-order valence-corrected chi connectivity index (χ3v) is 6.55. The molecule has 1 heterocycles. The monoisotopic (exact) mass is 396 g/mol. The van der Waals surface area contributed by atoms with Crippen LogP contribution in [-0.4, -0.2) is 51.4 Å². The summed E-state index contributed by atoms with van der Waals surface area (Å²) in [5.74, 6) is -0.687. The minimum Gasteiger partial charge on any atom is -0.495 e. The average Bonchev–Trinajstić information content (AvgIpc) is 3.52. The van der Waals surface area contributed by atoms with Gasteiger partial charge in [0.25, 0.3) is 5.91 Å². The zero-order chi connectivity index (χ0) is 19.4. The van der Waals surface area contributed by atoms with Crippen molar-refractivity contribution in [2.75, 3.05) is 32.1 Å². The van der Waals surface area contributed by atoms with Crippen LogP contribution in [0.1, 0.15) is 32.1 Å². The van der Waals surface area contributed by atoms with Crippen LogP contribution in [0.5, 0.6) is 5.75 Å². The number of carbonyl (C=O) groups is 2. The van der Waals surface area contributed by atoms with E-state index in [0.717, 1.165) is 32.1 Å². The predicted octanol–water partition coefficient (Wildman–Crippen LogP) is 1.76. The molecule has 1 N–H and O–H groups in total. The predicted molar refractivity (Wildman–Crippen MR) is 97.9 cm³/mol. The summed E-state index contributed by atoms with van der Waals surface area (Å²) in [6.45, 7) is 0.571. The fraction of sp³-hybridized carbons (Fsp3) is 0.556. The fourth-order valence-corrected chi connectivity index (χ4v) is 4.50. The number of nitrogens with zero attached hydrogens (tertiary/aromatic N) is 1. The summed E-state index contributed by atoms with van der Waals surface area (Å²) in [6.07, 6.45) is 4.29. The summed E-state index contributed by atoms with van der Waals surface area (Å²) in [5, 5.41) is 2.57. The molecule has 1 amide bonds. The van der Waals surface area contributed by atoms with Crippen LogP contribution < -0.4 is 10.1 Å². The van der Waals surface area contributed by atoms with Crippen molar-refractivity contribution in [3.05, 3.63) is 18.2 Å². The van der Waals surface area contributed by atoms with Crippen LogP contribution in [0, 0.1) is 5.92 Å². The number of ether oxygens (including phenoxy) is 2. The van der Waals surface area contributed by atoms with Gasteiger partial charge in [0, 0.05) is 13.1 Å². The highest BCUT2D eigenvalue weighted by Gasteiger charge is 2.31. The third kappa shape index (κ3) is 4.78. The van der Waals surface area contributed by atoms with Crippen LogP contribution in [0.25, 0.3) is 0 Å².